The van der Waals surface area contributed by atoms with Gasteiger partial charge in [0.15, 0.2) is 0 Å². The normalized spacial score (nSPS) is 15.5. The number of hydrogen-bond donors (Lipinski definition) is 0. The molecular weight excluding hydrogens is 374 g/mol. The molecule has 0 aliphatic carbocycles. The summed E-state index contributed by atoms with van der Waals surface area (Å²) in [5.41, 5.74) is 2.77. The largest absolute Gasteiger partial charge is 0.365 e. The van der Waals surface area contributed by atoms with Crippen molar-refractivity contribution in [2.24, 2.45) is 0 Å². The Balaban J connectivity index is 1.61. The lowest BCUT2D eigenvalue weighted by Crippen LogP contribution is -2.52. The molecule has 1 aliphatic heterocycles. The van der Waals surface area contributed by atoms with Gasteiger partial charge in [-0.3, -0.25) is 4.79 Å². The number of piperazine rings is 1. The Bertz CT molecular complexity index is 937. The van der Waals surface area contributed by atoms with Crippen LogP contribution in [0.4, 0.5) is 5.69 Å². The number of carbonyl (C=O) groups excluding carboxylic acids is 1. The summed E-state index contributed by atoms with van der Waals surface area (Å²) in [6.07, 6.45) is 0. The zero-order chi connectivity index (χ0) is 20.3. The average Bonchev–Trinajstić information content (AvgIpc) is 2.68. The van der Waals surface area contributed by atoms with Gasteiger partial charge >= 0.3 is 0 Å². The zero-order valence-electron chi connectivity index (χ0n) is 16.6. The molecule has 1 fully saturated rings. The van der Waals surface area contributed by atoms with Crippen LogP contribution in [0.5, 0.6) is 0 Å². The highest BCUT2D eigenvalue weighted by Gasteiger charge is 2.31. The van der Waals surface area contributed by atoms with E-state index in [0.29, 0.717) is 31.1 Å². The van der Waals surface area contributed by atoms with Gasteiger partial charge in [0.2, 0.25) is 15.9 Å². The molecular formula is C21H27N3O3S. The van der Waals surface area contributed by atoms with Crippen LogP contribution in [0.15, 0.2) is 53.4 Å². The molecule has 1 saturated heterocycles. The molecule has 150 valence electrons. The van der Waals surface area contributed by atoms with Gasteiger partial charge in [-0.2, -0.15) is 4.31 Å². The number of benzene rings is 2. The molecule has 2 aromatic rings. The highest BCUT2D eigenvalue weighted by atomic mass is 32.2. The molecule has 1 amide bonds. The summed E-state index contributed by atoms with van der Waals surface area (Å²) in [4.78, 5) is 16.6. The van der Waals surface area contributed by atoms with E-state index in [1.165, 1.54) is 4.31 Å². The van der Waals surface area contributed by atoms with E-state index < -0.39 is 10.0 Å². The van der Waals surface area contributed by atoms with Crippen LogP contribution in [0.1, 0.15) is 11.1 Å². The first kappa shape index (κ1) is 20.4. The molecule has 0 N–H and O–H groups in total. The zero-order valence-corrected chi connectivity index (χ0v) is 17.4. The second-order valence-electron chi connectivity index (χ2n) is 7.25. The van der Waals surface area contributed by atoms with E-state index in [1.54, 1.807) is 11.0 Å². The van der Waals surface area contributed by atoms with Crippen LogP contribution in [0.25, 0.3) is 0 Å². The van der Waals surface area contributed by atoms with E-state index in [9.17, 15) is 13.2 Å². The van der Waals surface area contributed by atoms with Gasteiger partial charge in [-0.25, -0.2) is 8.42 Å². The number of carbonyl (C=O) groups is 1. The van der Waals surface area contributed by atoms with Crippen molar-refractivity contribution in [1.29, 1.82) is 0 Å². The van der Waals surface area contributed by atoms with Crippen molar-refractivity contribution in [2.45, 2.75) is 18.7 Å². The summed E-state index contributed by atoms with van der Waals surface area (Å²) >= 11 is 0. The van der Waals surface area contributed by atoms with E-state index in [2.05, 4.69) is 0 Å². The van der Waals surface area contributed by atoms with Crippen molar-refractivity contribution >= 4 is 21.6 Å². The molecule has 1 heterocycles. The Morgan fingerprint density at radius 1 is 1.00 bits per heavy atom. The van der Waals surface area contributed by atoms with Crippen LogP contribution in [0.3, 0.4) is 0 Å². The Kier molecular flexibility index (Phi) is 6.05. The topological polar surface area (TPSA) is 60.9 Å². The van der Waals surface area contributed by atoms with E-state index in [4.69, 9.17) is 0 Å². The first-order chi connectivity index (χ1) is 13.3. The molecule has 3 rings (SSSR count). The van der Waals surface area contributed by atoms with Crippen molar-refractivity contribution < 1.29 is 13.2 Å². The van der Waals surface area contributed by atoms with Crippen molar-refractivity contribution in [1.82, 2.24) is 9.21 Å². The maximum atomic E-state index is 13.0. The van der Waals surface area contributed by atoms with Gasteiger partial charge in [0.05, 0.1) is 11.4 Å². The SMILES string of the molecule is Cc1ccc(S(=O)(=O)N2CCN(C(=O)CN(C)c3ccccc3)CC2)c(C)c1. The summed E-state index contributed by atoms with van der Waals surface area (Å²) in [6.45, 7) is 5.48. The summed E-state index contributed by atoms with van der Waals surface area (Å²) in [5.74, 6) is 0.00918. The quantitative estimate of drug-likeness (QED) is 0.771. The van der Waals surface area contributed by atoms with Gasteiger partial charge in [0.25, 0.3) is 0 Å². The van der Waals surface area contributed by atoms with Crippen molar-refractivity contribution in [3.8, 4) is 0 Å². The van der Waals surface area contributed by atoms with Crippen LogP contribution < -0.4 is 4.90 Å². The third-order valence-corrected chi connectivity index (χ3v) is 7.17. The number of aryl methyl sites for hydroxylation is 2. The van der Waals surface area contributed by atoms with E-state index in [1.807, 2.05) is 68.3 Å². The van der Waals surface area contributed by atoms with Gasteiger partial charge in [-0.05, 0) is 37.6 Å². The molecule has 28 heavy (non-hydrogen) atoms. The van der Waals surface area contributed by atoms with E-state index in [0.717, 1.165) is 16.8 Å². The second kappa shape index (κ2) is 8.32. The van der Waals surface area contributed by atoms with Gasteiger partial charge in [0, 0.05) is 38.9 Å². The Hall–Kier alpha value is -2.38. The monoisotopic (exact) mass is 401 g/mol. The van der Waals surface area contributed by atoms with Crippen molar-refractivity contribution in [3.05, 3.63) is 59.7 Å². The summed E-state index contributed by atoms with van der Waals surface area (Å²) in [7, 11) is -1.66. The summed E-state index contributed by atoms with van der Waals surface area (Å²) in [6, 6.07) is 15.1. The summed E-state index contributed by atoms with van der Waals surface area (Å²) < 4.78 is 27.4. The number of sulfonamides is 1. The lowest BCUT2D eigenvalue weighted by Gasteiger charge is -2.35. The number of nitrogens with zero attached hydrogens (tertiary/aromatic N) is 3. The number of rotatable bonds is 5. The Morgan fingerprint density at radius 2 is 1.64 bits per heavy atom. The fourth-order valence-corrected chi connectivity index (χ4v) is 5.11. The van der Waals surface area contributed by atoms with Crippen LogP contribution >= 0.6 is 0 Å². The van der Waals surface area contributed by atoms with Gasteiger partial charge in [-0.1, -0.05) is 35.9 Å². The molecule has 1 aliphatic rings. The minimum atomic E-state index is -3.54. The smallest absolute Gasteiger partial charge is 0.243 e. The molecule has 0 unspecified atom stereocenters. The average molecular weight is 402 g/mol. The molecule has 2 aromatic carbocycles. The minimum Gasteiger partial charge on any atom is -0.365 e. The number of para-hydroxylation sites is 1. The van der Waals surface area contributed by atoms with Crippen LogP contribution in [-0.2, 0) is 14.8 Å². The Labute approximate surface area is 167 Å². The number of likely N-dealkylation sites (N-methyl/N-ethyl adjacent to an activating group) is 1. The molecule has 7 heteroatoms. The van der Waals surface area contributed by atoms with Crippen LogP contribution in [0.2, 0.25) is 0 Å². The number of amides is 1. The second-order valence-corrected chi connectivity index (χ2v) is 9.15. The molecule has 6 nitrogen and oxygen atoms in total. The van der Waals surface area contributed by atoms with Gasteiger partial charge < -0.3 is 9.80 Å². The standard InChI is InChI=1S/C21H27N3O3S/c1-17-9-10-20(18(2)15-17)28(26,27)24-13-11-23(12-14-24)21(25)16-22(3)19-7-5-4-6-8-19/h4-10,15H,11-14,16H2,1-3H3. The predicted molar refractivity (Wildman–Crippen MR) is 111 cm³/mol. The predicted octanol–water partition coefficient (Wildman–Crippen LogP) is 2.27. The highest BCUT2D eigenvalue weighted by Crippen LogP contribution is 2.22. The van der Waals surface area contributed by atoms with Crippen LogP contribution in [0, 0.1) is 13.8 Å². The molecule has 0 bridgehead atoms. The molecule has 0 atom stereocenters. The van der Waals surface area contributed by atoms with Crippen molar-refractivity contribution in [2.75, 3.05) is 44.7 Å². The van der Waals surface area contributed by atoms with Crippen LogP contribution in [-0.4, -0.2) is 63.3 Å². The maximum absolute atomic E-state index is 13.0. The lowest BCUT2D eigenvalue weighted by molar-refractivity contribution is -0.130. The van der Waals surface area contributed by atoms with Gasteiger partial charge in [-0.15, -0.1) is 0 Å². The third-order valence-electron chi connectivity index (χ3n) is 5.11. The maximum Gasteiger partial charge on any atom is 0.243 e. The fourth-order valence-electron chi connectivity index (χ4n) is 3.48. The fraction of sp³-hybridized carbons (Fsp3) is 0.381. The van der Waals surface area contributed by atoms with E-state index >= 15 is 0 Å². The Morgan fingerprint density at radius 3 is 2.25 bits per heavy atom. The molecule has 0 radical (unpaired) electrons. The first-order valence-electron chi connectivity index (χ1n) is 9.40. The molecule has 0 saturated carbocycles. The molecule has 0 aromatic heterocycles. The van der Waals surface area contributed by atoms with Crippen molar-refractivity contribution in [3.63, 3.8) is 0 Å². The number of anilines is 1. The number of hydrogen-bond acceptors (Lipinski definition) is 4. The highest BCUT2D eigenvalue weighted by molar-refractivity contribution is 7.89. The molecule has 0 spiro atoms. The third kappa shape index (κ3) is 4.36. The van der Waals surface area contributed by atoms with E-state index in [-0.39, 0.29) is 12.5 Å². The lowest BCUT2D eigenvalue weighted by atomic mass is 10.2. The minimum absolute atomic E-state index is 0.00918. The summed E-state index contributed by atoms with van der Waals surface area (Å²) in [5, 5.41) is 0. The van der Waals surface area contributed by atoms with Gasteiger partial charge in [0.1, 0.15) is 0 Å². The first-order valence-corrected chi connectivity index (χ1v) is 10.8.